The Labute approximate surface area is 142 Å². The summed E-state index contributed by atoms with van der Waals surface area (Å²) in [6, 6.07) is 3.64. The Hall–Kier alpha value is -3.10. The first-order valence-corrected chi connectivity index (χ1v) is 8.23. The van der Waals surface area contributed by atoms with Crippen molar-refractivity contribution in [2.24, 2.45) is 0 Å². The number of nitrogens with zero attached hydrogens (tertiary/aromatic N) is 7. The standard InChI is InChI=1S/C16H17N7O2/c24-15-16(25)22(13-3-1-2-4-13)10-9-21(15)11-12-5-6-14(19-18-12)23-8-7-17-20-23/h5-10,13H,1-4,11H2. The summed E-state index contributed by atoms with van der Waals surface area (Å²) in [4.78, 5) is 24.7. The van der Waals surface area contributed by atoms with Gasteiger partial charge in [0.25, 0.3) is 0 Å². The molecule has 9 heteroatoms. The zero-order valence-electron chi connectivity index (χ0n) is 13.5. The summed E-state index contributed by atoms with van der Waals surface area (Å²) in [5.74, 6) is 0.533. The molecule has 0 atom stereocenters. The first-order valence-electron chi connectivity index (χ1n) is 8.23. The summed E-state index contributed by atoms with van der Waals surface area (Å²) < 4.78 is 4.43. The Morgan fingerprint density at radius 2 is 1.84 bits per heavy atom. The van der Waals surface area contributed by atoms with Gasteiger partial charge in [-0.2, -0.15) is 5.10 Å². The molecular formula is C16H17N7O2. The van der Waals surface area contributed by atoms with Gasteiger partial charge in [-0.15, -0.1) is 10.2 Å². The van der Waals surface area contributed by atoms with Crippen LogP contribution in [0.1, 0.15) is 37.4 Å². The van der Waals surface area contributed by atoms with Crippen LogP contribution < -0.4 is 11.1 Å². The van der Waals surface area contributed by atoms with E-state index in [1.807, 2.05) is 0 Å². The number of hydrogen-bond acceptors (Lipinski definition) is 6. The van der Waals surface area contributed by atoms with Gasteiger partial charge in [0, 0.05) is 18.4 Å². The fraction of sp³-hybridized carbons (Fsp3) is 0.375. The van der Waals surface area contributed by atoms with Crippen molar-refractivity contribution in [2.45, 2.75) is 38.3 Å². The van der Waals surface area contributed by atoms with E-state index >= 15 is 0 Å². The minimum absolute atomic E-state index is 0.150. The molecule has 0 aromatic carbocycles. The predicted molar refractivity (Wildman–Crippen MR) is 88.5 cm³/mol. The van der Waals surface area contributed by atoms with Crippen LogP contribution in [0.3, 0.4) is 0 Å². The Bertz CT molecular complexity index is 967. The van der Waals surface area contributed by atoms with Gasteiger partial charge in [0.15, 0.2) is 5.82 Å². The van der Waals surface area contributed by atoms with E-state index in [9.17, 15) is 9.59 Å². The Morgan fingerprint density at radius 3 is 2.52 bits per heavy atom. The summed E-state index contributed by atoms with van der Waals surface area (Å²) in [5, 5.41) is 15.7. The summed E-state index contributed by atoms with van der Waals surface area (Å²) in [6.45, 7) is 0.199. The van der Waals surface area contributed by atoms with Crippen LogP contribution in [0.15, 0.2) is 46.5 Å². The SMILES string of the molecule is O=c1c(=O)n(C2CCCC2)ccn1Cc1ccc(-n2ccnn2)nn1. The van der Waals surface area contributed by atoms with Crippen LogP contribution in [0, 0.1) is 0 Å². The molecule has 1 saturated carbocycles. The third-order valence-corrected chi connectivity index (χ3v) is 4.50. The molecular weight excluding hydrogens is 322 g/mol. The van der Waals surface area contributed by atoms with E-state index in [0.717, 1.165) is 25.7 Å². The average molecular weight is 339 g/mol. The fourth-order valence-corrected chi connectivity index (χ4v) is 3.18. The molecule has 0 saturated heterocycles. The van der Waals surface area contributed by atoms with E-state index in [1.165, 1.54) is 9.25 Å². The Morgan fingerprint density at radius 1 is 1.00 bits per heavy atom. The molecule has 3 aromatic heterocycles. The van der Waals surface area contributed by atoms with E-state index in [0.29, 0.717) is 11.5 Å². The third kappa shape index (κ3) is 3.00. The van der Waals surface area contributed by atoms with E-state index in [4.69, 9.17) is 0 Å². The molecule has 1 aliphatic carbocycles. The van der Waals surface area contributed by atoms with Gasteiger partial charge in [0.2, 0.25) is 0 Å². The second kappa shape index (κ2) is 6.42. The lowest BCUT2D eigenvalue weighted by atomic mass is 10.2. The summed E-state index contributed by atoms with van der Waals surface area (Å²) in [5.41, 5.74) is -0.415. The highest BCUT2D eigenvalue weighted by atomic mass is 16.2. The van der Waals surface area contributed by atoms with Gasteiger partial charge in [-0.1, -0.05) is 18.1 Å². The van der Waals surface area contributed by atoms with Crippen molar-refractivity contribution in [1.29, 1.82) is 0 Å². The lowest BCUT2D eigenvalue weighted by Crippen LogP contribution is -2.41. The second-order valence-corrected chi connectivity index (χ2v) is 6.11. The van der Waals surface area contributed by atoms with Crippen LogP contribution in [0.4, 0.5) is 0 Å². The highest BCUT2D eigenvalue weighted by Crippen LogP contribution is 2.27. The lowest BCUT2D eigenvalue weighted by molar-refractivity contribution is 0.487. The van der Waals surface area contributed by atoms with E-state index < -0.39 is 11.1 Å². The van der Waals surface area contributed by atoms with Crippen LogP contribution in [0.5, 0.6) is 0 Å². The minimum Gasteiger partial charge on any atom is -0.306 e. The van der Waals surface area contributed by atoms with Gasteiger partial charge in [-0.25, -0.2) is 4.68 Å². The van der Waals surface area contributed by atoms with Gasteiger partial charge in [0.05, 0.1) is 24.6 Å². The zero-order valence-corrected chi connectivity index (χ0v) is 13.5. The maximum Gasteiger partial charge on any atom is 0.316 e. The fourth-order valence-electron chi connectivity index (χ4n) is 3.18. The molecule has 25 heavy (non-hydrogen) atoms. The molecule has 3 aromatic rings. The topological polar surface area (TPSA) is 100 Å². The van der Waals surface area contributed by atoms with Crippen LogP contribution >= 0.6 is 0 Å². The number of rotatable bonds is 4. The Kier molecular flexibility index (Phi) is 3.96. The third-order valence-electron chi connectivity index (χ3n) is 4.50. The zero-order chi connectivity index (χ0) is 17.2. The van der Waals surface area contributed by atoms with Gasteiger partial charge in [-0.05, 0) is 25.0 Å². The molecule has 0 aliphatic heterocycles. The molecule has 1 aliphatic rings. The molecule has 4 rings (SSSR count). The molecule has 9 nitrogen and oxygen atoms in total. The first-order chi connectivity index (χ1) is 12.2. The maximum absolute atomic E-state index is 12.4. The van der Waals surface area contributed by atoms with E-state index in [2.05, 4.69) is 20.5 Å². The summed E-state index contributed by atoms with van der Waals surface area (Å²) in [6.07, 6.45) is 10.7. The van der Waals surface area contributed by atoms with Gasteiger partial charge in [-0.3, -0.25) is 9.59 Å². The number of aromatic nitrogens is 7. The predicted octanol–water partition coefficient (Wildman–Crippen LogP) is 0.544. The van der Waals surface area contributed by atoms with Gasteiger partial charge < -0.3 is 9.13 Å². The van der Waals surface area contributed by atoms with Crippen molar-refractivity contribution < 1.29 is 0 Å². The molecule has 3 heterocycles. The van der Waals surface area contributed by atoms with Crippen LogP contribution in [0.2, 0.25) is 0 Å². The quantitative estimate of drug-likeness (QED) is 0.643. The van der Waals surface area contributed by atoms with Gasteiger partial charge >= 0.3 is 11.1 Å². The molecule has 0 radical (unpaired) electrons. The monoisotopic (exact) mass is 339 g/mol. The molecule has 0 amide bonds. The van der Waals surface area contributed by atoms with Crippen molar-refractivity contribution in [1.82, 2.24) is 34.3 Å². The molecule has 128 valence electrons. The minimum atomic E-state index is -0.531. The average Bonchev–Trinajstić information content (AvgIpc) is 3.33. The summed E-state index contributed by atoms with van der Waals surface area (Å²) >= 11 is 0. The Balaban J connectivity index is 1.57. The van der Waals surface area contributed by atoms with E-state index in [1.54, 1.807) is 41.5 Å². The van der Waals surface area contributed by atoms with Gasteiger partial charge in [0.1, 0.15) is 0 Å². The number of hydrogen-bond donors (Lipinski definition) is 0. The molecule has 0 spiro atoms. The first kappa shape index (κ1) is 15.4. The van der Waals surface area contributed by atoms with Crippen molar-refractivity contribution in [3.8, 4) is 5.82 Å². The second-order valence-electron chi connectivity index (χ2n) is 6.11. The normalized spacial score (nSPS) is 14.9. The van der Waals surface area contributed by atoms with Crippen molar-refractivity contribution in [2.75, 3.05) is 0 Å². The molecule has 1 fully saturated rings. The van der Waals surface area contributed by atoms with Crippen molar-refractivity contribution in [3.63, 3.8) is 0 Å². The van der Waals surface area contributed by atoms with Crippen LogP contribution in [-0.4, -0.2) is 34.3 Å². The smallest absolute Gasteiger partial charge is 0.306 e. The highest BCUT2D eigenvalue weighted by molar-refractivity contribution is 5.19. The molecule has 0 bridgehead atoms. The van der Waals surface area contributed by atoms with Crippen molar-refractivity contribution >= 4 is 0 Å². The largest absolute Gasteiger partial charge is 0.316 e. The molecule has 0 N–H and O–H groups in total. The maximum atomic E-state index is 12.4. The van der Waals surface area contributed by atoms with Crippen molar-refractivity contribution in [3.05, 3.63) is 63.3 Å². The molecule has 0 unspecified atom stereocenters. The van der Waals surface area contributed by atoms with Crippen LogP contribution in [-0.2, 0) is 6.54 Å². The van der Waals surface area contributed by atoms with Crippen LogP contribution in [0.25, 0.3) is 5.82 Å². The van der Waals surface area contributed by atoms with E-state index in [-0.39, 0.29) is 12.6 Å². The lowest BCUT2D eigenvalue weighted by Gasteiger charge is -2.14. The highest BCUT2D eigenvalue weighted by Gasteiger charge is 2.19. The summed E-state index contributed by atoms with van der Waals surface area (Å²) in [7, 11) is 0.